The SMILES string of the molecule is Cc1cc(C=O)c(C)n1C(C)CN(C)C. The fourth-order valence-electron chi connectivity index (χ4n) is 2.21. The van der Waals surface area contributed by atoms with Gasteiger partial charge in [-0.3, -0.25) is 4.79 Å². The Morgan fingerprint density at radius 1 is 1.47 bits per heavy atom. The van der Waals surface area contributed by atoms with Crippen molar-refractivity contribution >= 4 is 6.29 Å². The Morgan fingerprint density at radius 3 is 2.47 bits per heavy atom. The third-order valence-electron chi connectivity index (χ3n) is 2.72. The van der Waals surface area contributed by atoms with Crippen LogP contribution in [0, 0.1) is 13.8 Å². The molecule has 0 saturated carbocycles. The highest BCUT2D eigenvalue weighted by Crippen LogP contribution is 2.19. The summed E-state index contributed by atoms with van der Waals surface area (Å²) in [6, 6.07) is 2.35. The van der Waals surface area contributed by atoms with E-state index in [4.69, 9.17) is 0 Å². The number of rotatable bonds is 4. The second-order valence-electron chi connectivity index (χ2n) is 4.43. The highest BCUT2D eigenvalue weighted by atomic mass is 16.1. The summed E-state index contributed by atoms with van der Waals surface area (Å²) in [4.78, 5) is 13.0. The lowest BCUT2D eigenvalue weighted by atomic mass is 10.2. The normalized spacial score (nSPS) is 13.2. The largest absolute Gasteiger partial charge is 0.344 e. The molecule has 0 aliphatic carbocycles. The van der Waals surface area contributed by atoms with Gasteiger partial charge < -0.3 is 9.47 Å². The number of aldehydes is 1. The van der Waals surface area contributed by atoms with Crippen molar-refractivity contribution in [3.63, 3.8) is 0 Å². The van der Waals surface area contributed by atoms with E-state index < -0.39 is 0 Å². The molecule has 3 nitrogen and oxygen atoms in total. The van der Waals surface area contributed by atoms with Gasteiger partial charge in [0.2, 0.25) is 0 Å². The third kappa shape index (κ3) is 2.48. The highest BCUT2D eigenvalue weighted by Gasteiger charge is 2.13. The van der Waals surface area contributed by atoms with Crippen LogP contribution >= 0.6 is 0 Å². The fraction of sp³-hybridized carbons (Fsp3) is 0.583. The van der Waals surface area contributed by atoms with Crippen molar-refractivity contribution in [1.82, 2.24) is 9.47 Å². The van der Waals surface area contributed by atoms with E-state index >= 15 is 0 Å². The molecule has 15 heavy (non-hydrogen) atoms. The molecule has 1 aromatic rings. The molecule has 1 rings (SSSR count). The second-order valence-corrected chi connectivity index (χ2v) is 4.43. The minimum Gasteiger partial charge on any atom is -0.344 e. The molecule has 0 aliphatic rings. The Morgan fingerprint density at radius 2 is 2.07 bits per heavy atom. The highest BCUT2D eigenvalue weighted by molar-refractivity contribution is 5.77. The summed E-state index contributed by atoms with van der Waals surface area (Å²) in [5.74, 6) is 0. The lowest BCUT2D eigenvalue weighted by Crippen LogP contribution is -2.23. The second kappa shape index (κ2) is 4.62. The predicted octanol–water partition coefficient (Wildman–Crippen LogP) is 2.04. The molecule has 0 N–H and O–H groups in total. The number of likely N-dealkylation sites (N-methyl/N-ethyl adjacent to an activating group) is 1. The smallest absolute Gasteiger partial charge is 0.151 e. The van der Waals surface area contributed by atoms with E-state index in [2.05, 4.69) is 30.5 Å². The van der Waals surface area contributed by atoms with Crippen LogP contribution in [0.1, 0.15) is 34.7 Å². The Kier molecular flexibility index (Phi) is 3.69. The summed E-state index contributed by atoms with van der Waals surface area (Å²) in [7, 11) is 4.12. The van der Waals surface area contributed by atoms with Crippen molar-refractivity contribution in [2.45, 2.75) is 26.8 Å². The fourth-order valence-corrected chi connectivity index (χ4v) is 2.21. The van der Waals surface area contributed by atoms with Crippen LogP contribution in [0.25, 0.3) is 0 Å². The van der Waals surface area contributed by atoms with Crippen molar-refractivity contribution in [3.05, 3.63) is 23.0 Å². The maximum atomic E-state index is 10.8. The van der Waals surface area contributed by atoms with Crippen LogP contribution in [-0.4, -0.2) is 36.4 Å². The molecule has 0 radical (unpaired) electrons. The van der Waals surface area contributed by atoms with Gasteiger partial charge in [-0.15, -0.1) is 0 Å². The standard InChI is InChI=1S/C12H20N2O/c1-9-6-12(8-15)11(3)14(9)10(2)7-13(4)5/h6,8,10H,7H2,1-5H3. The first kappa shape index (κ1) is 12.0. The molecule has 0 aromatic carbocycles. The molecule has 0 amide bonds. The first-order chi connectivity index (χ1) is 6.97. The summed E-state index contributed by atoms with van der Waals surface area (Å²) in [5, 5.41) is 0. The van der Waals surface area contributed by atoms with Gasteiger partial charge in [-0.2, -0.15) is 0 Å². The van der Waals surface area contributed by atoms with E-state index in [1.54, 1.807) is 0 Å². The summed E-state index contributed by atoms with van der Waals surface area (Å²) < 4.78 is 2.23. The Labute approximate surface area is 91.7 Å². The minimum absolute atomic E-state index is 0.397. The summed E-state index contributed by atoms with van der Waals surface area (Å²) >= 11 is 0. The molecule has 0 fully saturated rings. The lowest BCUT2D eigenvalue weighted by molar-refractivity contribution is 0.112. The quantitative estimate of drug-likeness (QED) is 0.707. The van der Waals surface area contributed by atoms with Gasteiger partial charge in [0, 0.05) is 29.5 Å². The van der Waals surface area contributed by atoms with Gasteiger partial charge in [-0.25, -0.2) is 0 Å². The number of hydrogen-bond acceptors (Lipinski definition) is 2. The number of carbonyl (C=O) groups excluding carboxylic acids is 1. The number of aryl methyl sites for hydroxylation is 1. The van der Waals surface area contributed by atoms with Gasteiger partial charge in [-0.05, 0) is 40.9 Å². The van der Waals surface area contributed by atoms with Crippen LogP contribution in [0.2, 0.25) is 0 Å². The zero-order chi connectivity index (χ0) is 11.6. The molecule has 84 valence electrons. The van der Waals surface area contributed by atoms with Crippen molar-refractivity contribution in [3.8, 4) is 0 Å². The van der Waals surface area contributed by atoms with E-state index in [-0.39, 0.29) is 0 Å². The summed E-state index contributed by atoms with van der Waals surface area (Å²) in [5.41, 5.74) is 3.03. The molecular weight excluding hydrogens is 188 g/mol. The van der Waals surface area contributed by atoms with Crippen LogP contribution in [-0.2, 0) is 0 Å². The number of carbonyl (C=O) groups is 1. The summed E-state index contributed by atoms with van der Waals surface area (Å²) in [6.07, 6.45) is 0.932. The van der Waals surface area contributed by atoms with Crippen LogP contribution in [0.3, 0.4) is 0 Å². The van der Waals surface area contributed by atoms with E-state index in [9.17, 15) is 4.79 Å². The molecule has 0 spiro atoms. The van der Waals surface area contributed by atoms with Gasteiger partial charge in [0.15, 0.2) is 6.29 Å². The van der Waals surface area contributed by atoms with Crippen LogP contribution in [0.5, 0.6) is 0 Å². The van der Waals surface area contributed by atoms with Crippen LogP contribution in [0.4, 0.5) is 0 Å². The van der Waals surface area contributed by atoms with E-state index in [1.807, 2.05) is 19.9 Å². The monoisotopic (exact) mass is 208 g/mol. The molecule has 1 atom stereocenters. The van der Waals surface area contributed by atoms with E-state index in [1.165, 1.54) is 0 Å². The number of aromatic nitrogens is 1. The zero-order valence-corrected chi connectivity index (χ0v) is 10.2. The molecule has 0 saturated heterocycles. The lowest BCUT2D eigenvalue weighted by Gasteiger charge is -2.22. The minimum atomic E-state index is 0.397. The van der Waals surface area contributed by atoms with Crippen LogP contribution < -0.4 is 0 Å². The maximum Gasteiger partial charge on any atom is 0.151 e. The average molecular weight is 208 g/mol. The molecule has 1 aromatic heterocycles. The van der Waals surface area contributed by atoms with Gasteiger partial charge >= 0.3 is 0 Å². The molecule has 1 heterocycles. The first-order valence-corrected chi connectivity index (χ1v) is 5.25. The molecule has 3 heteroatoms. The average Bonchev–Trinajstić information content (AvgIpc) is 2.40. The van der Waals surface area contributed by atoms with Crippen molar-refractivity contribution in [2.75, 3.05) is 20.6 Å². The van der Waals surface area contributed by atoms with Gasteiger partial charge in [0.05, 0.1) is 0 Å². The molecule has 0 aliphatic heterocycles. The van der Waals surface area contributed by atoms with Gasteiger partial charge in [0.25, 0.3) is 0 Å². The van der Waals surface area contributed by atoms with Crippen LogP contribution in [0.15, 0.2) is 6.07 Å². The number of nitrogens with zero attached hydrogens (tertiary/aromatic N) is 2. The van der Waals surface area contributed by atoms with Crippen molar-refractivity contribution in [1.29, 1.82) is 0 Å². The first-order valence-electron chi connectivity index (χ1n) is 5.25. The molecule has 1 unspecified atom stereocenters. The number of hydrogen-bond donors (Lipinski definition) is 0. The van der Waals surface area contributed by atoms with Crippen molar-refractivity contribution < 1.29 is 4.79 Å². The molecular formula is C12H20N2O. The Balaban J connectivity index is 3.02. The predicted molar refractivity (Wildman–Crippen MR) is 62.6 cm³/mol. The van der Waals surface area contributed by atoms with Gasteiger partial charge in [-0.1, -0.05) is 0 Å². The van der Waals surface area contributed by atoms with E-state index in [0.717, 1.165) is 29.8 Å². The maximum absolute atomic E-state index is 10.8. The van der Waals surface area contributed by atoms with E-state index in [0.29, 0.717) is 6.04 Å². The zero-order valence-electron chi connectivity index (χ0n) is 10.2. The molecule has 0 bridgehead atoms. The van der Waals surface area contributed by atoms with Crippen molar-refractivity contribution in [2.24, 2.45) is 0 Å². The summed E-state index contributed by atoms with van der Waals surface area (Å²) in [6.45, 7) is 7.21. The van der Waals surface area contributed by atoms with Gasteiger partial charge in [0.1, 0.15) is 0 Å². The Hall–Kier alpha value is -1.09. The topological polar surface area (TPSA) is 25.2 Å². The Bertz CT molecular complexity index is 353. The third-order valence-corrected chi connectivity index (χ3v) is 2.72.